The first kappa shape index (κ1) is 23.2. The molecule has 2 aliphatic rings. The Balaban J connectivity index is 1.47. The fourth-order valence-corrected chi connectivity index (χ4v) is 4.35. The molecule has 1 aromatic carbocycles. The standard InChI is InChI=1S/C23H35N3O5/c1-29-19-9-7-18(22(30-2)23(19)31-3)8-10-20(27)26-15-13-24(14-16-26)17-21(28)25-11-5-4-6-12-25/h7,9H,4-6,8,10-17H2,1-3H3. The topological polar surface area (TPSA) is 71.6 Å². The fraction of sp³-hybridized carbons (Fsp3) is 0.652. The maximum atomic E-state index is 12.8. The van der Waals surface area contributed by atoms with Crippen LogP contribution in [-0.2, 0) is 16.0 Å². The van der Waals surface area contributed by atoms with E-state index in [1.165, 1.54) is 6.42 Å². The van der Waals surface area contributed by atoms with Gasteiger partial charge in [-0.15, -0.1) is 0 Å². The Labute approximate surface area is 185 Å². The third kappa shape index (κ3) is 5.81. The molecule has 172 valence electrons. The number of likely N-dealkylation sites (tertiary alicyclic amines) is 1. The molecule has 2 amide bonds. The Bertz CT molecular complexity index is 756. The molecule has 2 aliphatic heterocycles. The van der Waals surface area contributed by atoms with E-state index in [1.54, 1.807) is 21.3 Å². The summed E-state index contributed by atoms with van der Waals surface area (Å²) in [6, 6.07) is 3.75. The highest BCUT2D eigenvalue weighted by atomic mass is 16.5. The molecule has 8 nitrogen and oxygen atoms in total. The minimum Gasteiger partial charge on any atom is -0.493 e. The minimum atomic E-state index is 0.124. The molecule has 1 aromatic rings. The summed E-state index contributed by atoms with van der Waals surface area (Å²) in [6.45, 7) is 5.04. The Morgan fingerprint density at radius 3 is 2.03 bits per heavy atom. The first-order chi connectivity index (χ1) is 15.1. The lowest BCUT2D eigenvalue weighted by atomic mass is 10.1. The molecule has 0 aliphatic carbocycles. The van der Waals surface area contributed by atoms with Crippen LogP contribution in [0.15, 0.2) is 12.1 Å². The van der Waals surface area contributed by atoms with Crippen LogP contribution in [0.4, 0.5) is 0 Å². The zero-order valence-electron chi connectivity index (χ0n) is 19.0. The van der Waals surface area contributed by atoms with Crippen LogP contribution in [0.3, 0.4) is 0 Å². The van der Waals surface area contributed by atoms with Crippen LogP contribution in [0.2, 0.25) is 0 Å². The maximum Gasteiger partial charge on any atom is 0.236 e. The quantitative estimate of drug-likeness (QED) is 0.623. The van der Waals surface area contributed by atoms with E-state index in [2.05, 4.69) is 4.90 Å². The van der Waals surface area contributed by atoms with Crippen LogP contribution < -0.4 is 14.2 Å². The SMILES string of the molecule is COc1ccc(CCC(=O)N2CCN(CC(=O)N3CCCCC3)CC2)c(OC)c1OC. The van der Waals surface area contributed by atoms with Crippen LogP contribution in [0.1, 0.15) is 31.2 Å². The van der Waals surface area contributed by atoms with Gasteiger partial charge in [-0.3, -0.25) is 14.5 Å². The minimum absolute atomic E-state index is 0.124. The van der Waals surface area contributed by atoms with E-state index >= 15 is 0 Å². The van der Waals surface area contributed by atoms with Crippen molar-refractivity contribution in [3.8, 4) is 17.2 Å². The van der Waals surface area contributed by atoms with Crippen molar-refractivity contribution >= 4 is 11.8 Å². The normalized spacial score (nSPS) is 17.4. The van der Waals surface area contributed by atoms with Crippen molar-refractivity contribution in [2.24, 2.45) is 0 Å². The first-order valence-electron chi connectivity index (χ1n) is 11.1. The molecule has 2 heterocycles. The second-order valence-electron chi connectivity index (χ2n) is 8.09. The van der Waals surface area contributed by atoms with Gasteiger partial charge in [0, 0.05) is 45.7 Å². The lowest BCUT2D eigenvalue weighted by Crippen LogP contribution is -2.52. The van der Waals surface area contributed by atoms with Crippen LogP contribution in [0.5, 0.6) is 17.2 Å². The van der Waals surface area contributed by atoms with E-state index in [4.69, 9.17) is 14.2 Å². The van der Waals surface area contributed by atoms with E-state index in [1.807, 2.05) is 21.9 Å². The Morgan fingerprint density at radius 1 is 0.774 bits per heavy atom. The van der Waals surface area contributed by atoms with Gasteiger partial charge in [0.05, 0.1) is 27.9 Å². The zero-order chi connectivity index (χ0) is 22.2. The summed E-state index contributed by atoms with van der Waals surface area (Å²) < 4.78 is 16.3. The predicted octanol–water partition coefficient (Wildman–Crippen LogP) is 1.80. The van der Waals surface area contributed by atoms with E-state index in [9.17, 15) is 9.59 Å². The van der Waals surface area contributed by atoms with Crippen molar-refractivity contribution < 1.29 is 23.8 Å². The summed E-state index contributed by atoms with van der Waals surface area (Å²) in [5.74, 6) is 2.10. The van der Waals surface area contributed by atoms with Gasteiger partial charge in [0.15, 0.2) is 11.5 Å². The number of methoxy groups -OCH3 is 3. The molecule has 0 aromatic heterocycles. The molecule has 0 spiro atoms. The first-order valence-corrected chi connectivity index (χ1v) is 11.1. The summed E-state index contributed by atoms with van der Waals surface area (Å²) in [6.07, 6.45) is 4.41. The summed E-state index contributed by atoms with van der Waals surface area (Å²) in [4.78, 5) is 31.3. The molecule has 8 heteroatoms. The van der Waals surface area contributed by atoms with Gasteiger partial charge >= 0.3 is 0 Å². The summed E-state index contributed by atoms with van der Waals surface area (Å²) >= 11 is 0. The van der Waals surface area contributed by atoms with E-state index in [-0.39, 0.29) is 11.8 Å². The van der Waals surface area contributed by atoms with E-state index in [0.29, 0.717) is 49.7 Å². The molecular weight excluding hydrogens is 398 g/mol. The van der Waals surface area contributed by atoms with Crippen molar-refractivity contribution in [1.29, 1.82) is 0 Å². The Hall–Kier alpha value is -2.48. The molecule has 2 fully saturated rings. The zero-order valence-corrected chi connectivity index (χ0v) is 19.0. The number of rotatable bonds is 8. The molecule has 0 unspecified atom stereocenters. The highest BCUT2D eigenvalue weighted by Crippen LogP contribution is 2.40. The number of hydrogen-bond donors (Lipinski definition) is 0. The number of piperazine rings is 1. The number of hydrogen-bond acceptors (Lipinski definition) is 6. The third-order valence-corrected chi connectivity index (χ3v) is 6.19. The van der Waals surface area contributed by atoms with Crippen LogP contribution >= 0.6 is 0 Å². The average molecular weight is 434 g/mol. The summed E-state index contributed by atoms with van der Waals surface area (Å²) in [5, 5.41) is 0. The number of benzene rings is 1. The van der Waals surface area contributed by atoms with Gasteiger partial charge in [0.2, 0.25) is 17.6 Å². The van der Waals surface area contributed by atoms with E-state index in [0.717, 1.165) is 44.6 Å². The lowest BCUT2D eigenvalue weighted by molar-refractivity contribution is -0.135. The van der Waals surface area contributed by atoms with Crippen molar-refractivity contribution in [2.45, 2.75) is 32.1 Å². The third-order valence-electron chi connectivity index (χ3n) is 6.19. The second-order valence-corrected chi connectivity index (χ2v) is 8.09. The summed E-state index contributed by atoms with van der Waals surface area (Å²) in [5.41, 5.74) is 0.916. The van der Waals surface area contributed by atoms with Crippen molar-refractivity contribution in [2.75, 3.05) is 67.1 Å². The fourth-order valence-electron chi connectivity index (χ4n) is 4.35. The number of carbonyl (C=O) groups excluding carboxylic acids is 2. The van der Waals surface area contributed by atoms with Crippen molar-refractivity contribution in [3.05, 3.63) is 17.7 Å². The van der Waals surface area contributed by atoms with E-state index < -0.39 is 0 Å². The highest BCUT2D eigenvalue weighted by molar-refractivity contribution is 5.79. The number of aryl methyl sites for hydroxylation is 1. The molecule has 0 radical (unpaired) electrons. The number of ether oxygens (including phenoxy) is 3. The predicted molar refractivity (Wildman–Crippen MR) is 118 cm³/mol. The molecule has 0 saturated carbocycles. The average Bonchev–Trinajstić information content (AvgIpc) is 2.82. The number of amides is 2. The summed E-state index contributed by atoms with van der Waals surface area (Å²) in [7, 11) is 4.75. The largest absolute Gasteiger partial charge is 0.493 e. The Kier molecular flexibility index (Phi) is 8.40. The number of carbonyl (C=O) groups is 2. The maximum absolute atomic E-state index is 12.8. The second kappa shape index (κ2) is 11.2. The van der Waals surface area contributed by atoms with Gasteiger partial charge in [0.25, 0.3) is 0 Å². The van der Waals surface area contributed by atoms with Crippen molar-refractivity contribution in [1.82, 2.24) is 14.7 Å². The van der Waals surface area contributed by atoms with Gasteiger partial charge in [0.1, 0.15) is 0 Å². The highest BCUT2D eigenvalue weighted by Gasteiger charge is 2.25. The van der Waals surface area contributed by atoms with Gasteiger partial charge in [-0.05, 0) is 37.3 Å². The molecule has 0 bridgehead atoms. The molecule has 0 atom stereocenters. The smallest absolute Gasteiger partial charge is 0.236 e. The van der Waals surface area contributed by atoms with Crippen LogP contribution in [-0.4, -0.2) is 93.7 Å². The molecular formula is C23H35N3O5. The van der Waals surface area contributed by atoms with Gasteiger partial charge in [-0.2, -0.15) is 0 Å². The van der Waals surface area contributed by atoms with Gasteiger partial charge in [-0.1, -0.05) is 6.07 Å². The monoisotopic (exact) mass is 433 g/mol. The van der Waals surface area contributed by atoms with Crippen molar-refractivity contribution in [3.63, 3.8) is 0 Å². The lowest BCUT2D eigenvalue weighted by Gasteiger charge is -2.36. The van der Waals surface area contributed by atoms with Crippen LogP contribution in [0.25, 0.3) is 0 Å². The molecule has 31 heavy (non-hydrogen) atoms. The van der Waals surface area contributed by atoms with Gasteiger partial charge in [-0.25, -0.2) is 0 Å². The van der Waals surface area contributed by atoms with Crippen LogP contribution in [0, 0.1) is 0 Å². The Morgan fingerprint density at radius 2 is 1.42 bits per heavy atom. The number of piperidine rings is 1. The number of nitrogens with zero attached hydrogens (tertiary/aromatic N) is 3. The molecule has 2 saturated heterocycles. The van der Waals surface area contributed by atoms with Gasteiger partial charge < -0.3 is 24.0 Å². The molecule has 0 N–H and O–H groups in total. The molecule has 3 rings (SSSR count).